The SMILES string of the molecule is CC.Cc1c(Cl)cc2c(cnn2PI)c1Br. The molecule has 1 unspecified atom stereocenters. The fourth-order valence-corrected chi connectivity index (χ4v) is 3.63. The van der Waals surface area contributed by atoms with Gasteiger partial charge >= 0.3 is 0 Å². The topological polar surface area (TPSA) is 17.8 Å². The Hall–Kier alpha value is 0.620. The molecule has 16 heavy (non-hydrogen) atoms. The van der Waals surface area contributed by atoms with Crippen LogP contribution in [0, 0.1) is 6.92 Å². The molecule has 1 atom stereocenters. The van der Waals surface area contributed by atoms with Gasteiger partial charge in [-0.25, -0.2) is 4.45 Å². The van der Waals surface area contributed by atoms with Crippen molar-refractivity contribution < 1.29 is 0 Å². The molecule has 0 saturated carbocycles. The summed E-state index contributed by atoms with van der Waals surface area (Å²) in [6.07, 6.45) is 2.46. The molecule has 1 heterocycles. The van der Waals surface area contributed by atoms with Crippen LogP contribution in [0.2, 0.25) is 5.02 Å². The zero-order valence-electron chi connectivity index (χ0n) is 9.18. The van der Waals surface area contributed by atoms with E-state index in [1.54, 1.807) is 0 Å². The van der Waals surface area contributed by atoms with E-state index in [1.165, 1.54) is 0 Å². The van der Waals surface area contributed by atoms with E-state index < -0.39 is 0 Å². The first-order chi connectivity index (χ1) is 7.65. The van der Waals surface area contributed by atoms with Crippen LogP contribution in [0.5, 0.6) is 0 Å². The van der Waals surface area contributed by atoms with Gasteiger partial charge in [-0.2, -0.15) is 5.10 Å². The van der Waals surface area contributed by atoms with E-state index in [0.717, 1.165) is 26.0 Å². The molecule has 0 bridgehead atoms. The predicted molar refractivity (Wildman–Crippen MR) is 86.3 cm³/mol. The van der Waals surface area contributed by atoms with Crippen molar-refractivity contribution in [2.45, 2.75) is 20.8 Å². The zero-order valence-corrected chi connectivity index (χ0v) is 14.7. The summed E-state index contributed by atoms with van der Waals surface area (Å²) in [5.74, 6) is 0. The quantitative estimate of drug-likeness (QED) is 0.424. The second-order valence-corrected chi connectivity index (χ2v) is 6.11. The third-order valence-electron chi connectivity index (χ3n) is 2.07. The van der Waals surface area contributed by atoms with E-state index in [1.807, 2.05) is 37.5 Å². The molecule has 1 aromatic heterocycles. The first-order valence-electron chi connectivity index (χ1n) is 4.84. The minimum Gasteiger partial charge on any atom is -0.237 e. The van der Waals surface area contributed by atoms with Gasteiger partial charge in [0.2, 0.25) is 0 Å². The van der Waals surface area contributed by atoms with E-state index in [9.17, 15) is 0 Å². The Balaban J connectivity index is 0.000000606. The second kappa shape index (κ2) is 6.53. The van der Waals surface area contributed by atoms with Crippen molar-refractivity contribution in [3.05, 3.63) is 27.3 Å². The largest absolute Gasteiger partial charge is 0.237 e. The number of halogens is 3. The number of nitrogens with zero attached hydrogens (tertiary/aromatic N) is 2. The number of hydrogen-bond acceptors (Lipinski definition) is 1. The number of benzene rings is 1. The van der Waals surface area contributed by atoms with Crippen LogP contribution in [0.3, 0.4) is 0 Å². The molecular formula is C10H12BrClIN2P. The lowest BCUT2D eigenvalue weighted by Gasteiger charge is -2.03. The molecule has 0 radical (unpaired) electrons. The molecule has 0 saturated heterocycles. The van der Waals surface area contributed by atoms with Gasteiger partial charge in [0, 0.05) is 14.9 Å². The van der Waals surface area contributed by atoms with Gasteiger partial charge in [-0.3, -0.25) is 0 Å². The van der Waals surface area contributed by atoms with Gasteiger partial charge < -0.3 is 0 Å². The Kier molecular flexibility index (Phi) is 5.99. The highest BCUT2D eigenvalue weighted by Crippen LogP contribution is 2.36. The van der Waals surface area contributed by atoms with Crippen molar-refractivity contribution >= 4 is 66.8 Å². The van der Waals surface area contributed by atoms with Crippen LogP contribution in [0.25, 0.3) is 10.9 Å². The number of rotatable bonds is 1. The molecule has 88 valence electrons. The monoisotopic (exact) mass is 432 g/mol. The lowest BCUT2D eigenvalue weighted by atomic mass is 10.2. The number of fused-ring (bicyclic) bond motifs is 1. The highest BCUT2D eigenvalue weighted by Gasteiger charge is 2.10. The van der Waals surface area contributed by atoms with Crippen LogP contribution in [0.4, 0.5) is 0 Å². The fraction of sp³-hybridized carbons (Fsp3) is 0.300. The maximum absolute atomic E-state index is 6.11. The second-order valence-electron chi connectivity index (χ2n) is 2.87. The first-order valence-corrected chi connectivity index (χ1v) is 10.1. The molecule has 0 aliphatic carbocycles. The van der Waals surface area contributed by atoms with Crippen LogP contribution >= 0.6 is 55.9 Å². The summed E-state index contributed by atoms with van der Waals surface area (Å²) >= 11 is 11.9. The normalized spacial score (nSPS) is 10.9. The van der Waals surface area contributed by atoms with Gasteiger partial charge in [-0.15, -0.1) is 0 Å². The van der Waals surface area contributed by atoms with E-state index in [4.69, 9.17) is 11.6 Å². The molecule has 0 fully saturated rings. The van der Waals surface area contributed by atoms with Crippen molar-refractivity contribution in [1.29, 1.82) is 0 Å². The van der Waals surface area contributed by atoms with Gasteiger partial charge in [0.25, 0.3) is 0 Å². The molecule has 0 amide bonds. The van der Waals surface area contributed by atoms with Gasteiger partial charge in [0.1, 0.15) is 0 Å². The van der Waals surface area contributed by atoms with Crippen molar-refractivity contribution in [3.63, 3.8) is 0 Å². The average molecular weight is 433 g/mol. The third kappa shape index (κ3) is 2.71. The molecule has 1 aromatic carbocycles. The summed E-state index contributed by atoms with van der Waals surface area (Å²) in [5.41, 5.74) is 2.15. The van der Waals surface area contributed by atoms with E-state index >= 15 is 0 Å². The maximum atomic E-state index is 6.11. The molecule has 2 rings (SSSR count). The number of aromatic nitrogens is 2. The highest BCUT2D eigenvalue weighted by molar-refractivity contribution is 14.2. The lowest BCUT2D eigenvalue weighted by molar-refractivity contribution is 1.04. The Morgan fingerprint density at radius 3 is 2.69 bits per heavy atom. The van der Waals surface area contributed by atoms with E-state index in [2.05, 4.69) is 43.1 Å². The minimum absolute atomic E-state index is 0.594. The lowest BCUT2D eigenvalue weighted by Crippen LogP contribution is -1.84. The van der Waals surface area contributed by atoms with Gasteiger partial charge in [0.15, 0.2) is 0 Å². The summed E-state index contributed by atoms with van der Waals surface area (Å²) in [4.78, 5) is 0. The number of hydrogen-bond donors (Lipinski definition) is 0. The molecular weight excluding hydrogens is 421 g/mol. The van der Waals surface area contributed by atoms with Gasteiger partial charge in [0.05, 0.1) is 18.1 Å². The molecule has 0 spiro atoms. The standard InChI is InChI=1S/C8H6BrClIN2P.C2H6/c1-4-6(10)2-7-5(8(4)9)3-12-13(7)14-11;1-2/h2-3,14H,1H3;1-2H3. The molecule has 0 aliphatic heterocycles. The van der Waals surface area contributed by atoms with Crippen LogP contribution < -0.4 is 0 Å². The summed E-state index contributed by atoms with van der Waals surface area (Å²) in [7, 11) is 0. The molecule has 0 N–H and O–H groups in total. The highest BCUT2D eigenvalue weighted by atomic mass is 127. The van der Waals surface area contributed by atoms with Crippen LogP contribution in [0.1, 0.15) is 19.4 Å². The van der Waals surface area contributed by atoms with E-state index in [-0.39, 0.29) is 0 Å². The van der Waals surface area contributed by atoms with Crippen molar-refractivity contribution in [1.82, 2.24) is 9.55 Å². The Morgan fingerprint density at radius 2 is 2.12 bits per heavy atom. The molecule has 6 heteroatoms. The van der Waals surface area contributed by atoms with E-state index in [0.29, 0.717) is 6.37 Å². The van der Waals surface area contributed by atoms with Crippen molar-refractivity contribution in [3.8, 4) is 0 Å². The minimum atomic E-state index is 0.594. The molecule has 2 nitrogen and oxygen atoms in total. The summed E-state index contributed by atoms with van der Waals surface area (Å²) < 4.78 is 2.99. The Bertz CT molecular complexity index is 501. The summed E-state index contributed by atoms with van der Waals surface area (Å²) in [6, 6.07) is 1.97. The summed E-state index contributed by atoms with van der Waals surface area (Å²) in [5, 5.41) is 6.19. The average Bonchev–Trinajstić information content (AvgIpc) is 2.71. The third-order valence-corrected chi connectivity index (χ3v) is 5.38. The van der Waals surface area contributed by atoms with Crippen LogP contribution in [-0.2, 0) is 0 Å². The molecule has 0 aliphatic rings. The van der Waals surface area contributed by atoms with Crippen molar-refractivity contribution in [2.75, 3.05) is 0 Å². The molecule has 2 aromatic rings. The smallest absolute Gasteiger partial charge is 0.0755 e. The first kappa shape index (κ1) is 14.7. The fourth-order valence-electron chi connectivity index (χ4n) is 1.27. The summed E-state index contributed by atoms with van der Waals surface area (Å²) in [6.45, 7) is 6.00. The van der Waals surface area contributed by atoms with Gasteiger partial charge in [-0.1, -0.05) is 25.4 Å². The maximum Gasteiger partial charge on any atom is 0.0755 e. The Morgan fingerprint density at radius 1 is 1.50 bits per heavy atom. The van der Waals surface area contributed by atoms with Crippen LogP contribution in [0.15, 0.2) is 16.7 Å². The van der Waals surface area contributed by atoms with Crippen molar-refractivity contribution in [2.24, 2.45) is 0 Å². The predicted octanol–water partition coefficient (Wildman–Crippen LogP) is 5.58. The van der Waals surface area contributed by atoms with Crippen LogP contribution in [-0.4, -0.2) is 9.55 Å². The zero-order chi connectivity index (χ0) is 12.3. The Labute approximate surface area is 124 Å². The van der Waals surface area contributed by atoms with Gasteiger partial charge in [-0.05, 0) is 56.5 Å².